The third-order valence-electron chi connectivity index (χ3n) is 4.49. The van der Waals surface area contributed by atoms with Gasteiger partial charge in [0.25, 0.3) is 0 Å². The van der Waals surface area contributed by atoms with E-state index in [9.17, 15) is 9.59 Å². The number of aryl methyl sites for hydroxylation is 1. The molecule has 0 saturated carbocycles. The van der Waals surface area contributed by atoms with Crippen molar-refractivity contribution in [3.63, 3.8) is 0 Å². The van der Waals surface area contributed by atoms with Crippen molar-refractivity contribution >= 4 is 23.8 Å². The highest BCUT2D eigenvalue weighted by atomic mass is 16.5. The largest absolute Gasteiger partial charge is 0.465 e. The van der Waals surface area contributed by atoms with Crippen LogP contribution in [-0.2, 0) is 22.5 Å². The zero-order valence-corrected chi connectivity index (χ0v) is 16.5. The lowest BCUT2D eigenvalue weighted by Crippen LogP contribution is -2.13. The molecule has 2 aromatic carbocycles. The number of hydrogen-bond donors (Lipinski definition) is 1. The predicted octanol–water partition coefficient (Wildman–Crippen LogP) is 3.93. The molecule has 0 radical (unpaired) electrons. The highest BCUT2D eigenvalue weighted by molar-refractivity contribution is 6.01. The summed E-state index contributed by atoms with van der Waals surface area (Å²) >= 11 is 0. The fourth-order valence-corrected chi connectivity index (χ4v) is 2.81. The van der Waals surface area contributed by atoms with Gasteiger partial charge in [-0.25, -0.2) is 9.48 Å². The van der Waals surface area contributed by atoms with Gasteiger partial charge in [0.1, 0.15) is 5.82 Å². The van der Waals surface area contributed by atoms with Gasteiger partial charge in [-0.3, -0.25) is 4.79 Å². The second-order valence-corrected chi connectivity index (χ2v) is 6.48. The average Bonchev–Trinajstić information content (AvgIpc) is 3.19. The molecule has 6 nitrogen and oxygen atoms in total. The van der Waals surface area contributed by atoms with Gasteiger partial charge in [-0.15, -0.1) is 0 Å². The van der Waals surface area contributed by atoms with Crippen LogP contribution in [0.1, 0.15) is 34.0 Å². The summed E-state index contributed by atoms with van der Waals surface area (Å²) in [6.07, 6.45) is 5.79. The molecule has 3 rings (SSSR count). The standard InChI is InChI=1S/C23H23N3O3/c1-3-17-4-6-19(7-5-17)16-26-21(14-15-24-26)25-22(27)13-10-18-8-11-20(12-9-18)23(28)29-2/h4-15H,3,16H2,1-2H3,(H,25,27). The van der Waals surface area contributed by atoms with Gasteiger partial charge in [-0.2, -0.15) is 5.10 Å². The molecule has 0 saturated heterocycles. The van der Waals surface area contributed by atoms with Gasteiger partial charge in [0, 0.05) is 12.1 Å². The van der Waals surface area contributed by atoms with Crippen LogP contribution in [0, 0.1) is 0 Å². The number of methoxy groups -OCH3 is 1. The maximum Gasteiger partial charge on any atom is 0.337 e. The summed E-state index contributed by atoms with van der Waals surface area (Å²) in [4.78, 5) is 23.7. The molecule has 1 heterocycles. The molecule has 0 unspecified atom stereocenters. The lowest BCUT2D eigenvalue weighted by atomic mass is 10.1. The molecular weight excluding hydrogens is 366 g/mol. The summed E-state index contributed by atoms with van der Waals surface area (Å²) in [6.45, 7) is 2.70. The Morgan fingerprint density at radius 3 is 2.38 bits per heavy atom. The molecule has 29 heavy (non-hydrogen) atoms. The van der Waals surface area contributed by atoms with Gasteiger partial charge in [0.05, 0.1) is 25.4 Å². The molecule has 1 amide bonds. The molecule has 0 aliphatic carbocycles. The number of rotatable bonds is 7. The Balaban J connectivity index is 1.61. The molecule has 0 aliphatic rings. The van der Waals surface area contributed by atoms with Gasteiger partial charge in [-0.1, -0.05) is 43.3 Å². The smallest absolute Gasteiger partial charge is 0.337 e. The number of carbonyl (C=O) groups excluding carboxylic acids is 2. The predicted molar refractivity (Wildman–Crippen MR) is 113 cm³/mol. The van der Waals surface area contributed by atoms with Gasteiger partial charge < -0.3 is 10.1 Å². The van der Waals surface area contributed by atoms with E-state index in [-0.39, 0.29) is 5.91 Å². The summed E-state index contributed by atoms with van der Waals surface area (Å²) < 4.78 is 6.42. The highest BCUT2D eigenvalue weighted by Gasteiger charge is 2.07. The van der Waals surface area contributed by atoms with Crippen molar-refractivity contribution in [1.29, 1.82) is 0 Å². The zero-order valence-electron chi connectivity index (χ0n) is 16.5. The Labute approximate surface area is 169 Å². The van der Waals surface area contributed by atoms with Crippen molar-refractivity contribution in [2.24, 2.45) is 0 Å². The van der Waals surface area contributed by atoms with E-state index < -0.39 is 5.97 Å². The second kappa shape index (κ2) is 9.50. The number of amides is 1. The monoisotopic (exact) mass is 389 g/mol. The minimum Gasteiger partial charge on any atom is -0.465 e. The third kappa shape index (κ3) is 5.42. The van der Waals surface area contributed by atoms with Gasteiger partial charge >= 0.3 is 5.97 Å². The lowest BCUT2D eigenvalue weighted by molar-refractivity contribution is -0.111. The Morgan fingerprint density at radius 1 is 1.03 bits per heavy atom. The molecule has 3 aromatic rings. The first-order chi connectivity index (χ1) is 14.1. The molecule has 1 N–H and O–H groups in total. The Kier molecular flexibility index (Phi) is 6.58. The SMILES string of the molecule is CCc1ccc(Cn2nccc2NC(=O)C=Cc2ccc(C(=O)OC)cc2)cc1. The summed E-state index contributed by atoms with van der Waals surface area (Å²) in [7, 11) is 1.34. The highest BCUT2D eigenvalue weighted by Crippen LogP contribution is 2.12. The summed E-state index contributed by atoms with van der Waals surface area (Å²) in [5.74, 6) is -0.0266. The number of anilines is 1. The normalized spacial score (nSPS) is 10.8. The number of esters is 1. The molecule has 148 valence electrons. The number of nitrogens with one attached hydrogen (secondary N) is 1. The van der Waals surface area contributed by atoms with E-state index in [1.54, 1.807) is 47.3 Å². The van der Waals surface area contributed by atoms with Crippen LogP contribution < -0.4 is 5.32 Å². The first kappa shape index (κ1) is 20.1. The minimum absolute atomic E-state index is 0.259. The molecule has 1 aromatic heterocycles. The molecule has 0 aliphatic heterocycles. The van der Waals surface area contributed by atoms with Crippen LogP contribution in [0.15, 0.2) is 66.9 Å². The molecule has 0 spiro atoms. The average molecular weight is 389 g/mol. The summed E-state index contributed by atoms with van der Waals surface area (Å²) in [5, 5.41) is 7.14. The van der Waals surface area contributed by atoms with E-state index in [1.807, 2.05) is 0 Å². The molecule has 0 bridgehead atoms. The van der Waals surface area contributed by atoms with E-state index in [4.69, 9.17) is 0 Å². The fourth-order valence-electron chi connectivity index (χ4n) is 2.81. The first-order valence-electron chi connectivity index (χ1n) is 9.36. The number of aromatic nitrogens is 2. The van der Waals surface area contributed by atoms with E-state index in [0.717, 1.165) is 17.5 Å². The number of ether oxygens (including phenoxy) is 1. The van der Waals surface area contributed by atoms with Crippen molar-refractivity contribution in [2.75, 3.05) is 12.4 Å². The quantitative estimate of drug-likeness (QED) is 0.491. The maximum atomic E-state index is 12.3. The minimum atomic E-state index is -0.393. The van der Waals surface area contributed by atoms with E-state index in [2.05, 4.69) is 46.3 Å². The second-order valence-electron chi connectivity index (χ2n) is 6.48. The van der Waals surface area contributed by atoms with Crippen molar-refractivity contribution in [3.8, 4) is 0 Å². The zero-order chi connectivity index (χ0) is 20.6. The molecule has 0 atom stereocenters. The molecular formula is C23H23N3O3. The fraction of sp³-hybridized carbons (Fsp3) is 0.174. The van der Waals surface area contributed by atoms with Crippen molar-refractivity contribution < 1.29 is 14.3 Å². The van der Waals surface area contributed by atoms with Crippen LogP contribution in [0.3, 0.4) is 0 Å². The van der Waals surface area contributed by atoms with Crippen LogP contribution in [0.4, 0.5) is 5.82 Å². The molecule has 0 fully saturated rings. The van der Waals surface area contributed by atoms with Crippen molar-refractivity contribution in [3.05, 3.63) is 89.1 Å². The van der Waals surface area contributed by atoms with E-state index in [1.165, 1.54) is 18.7 Å². The first-order valence-corrected chi connectivity index (χ1v) is 9.36. The van der Waals surface area contributed by atoms with Gasteiger partial charge in [0.15, 0.2) is 0 Å². The van der Waals surface area contributed by atoms with Crippen LogP contribution in [0.2, 0.25) is 0 Å². The molecule has 6 heteroatoms. The van der Waals surface area contributed by atoms with Gasteiger partial charge in [0.2, 0.25) is 5.91 Å². The maximum absolute atomic E-state index is 12.3. The van der Waals surface area contributed by atoms with E-state index in [0.29, 0.717) is 17.9 Å². The summed E-state index contributed by atoms with van der Waals surface area (Å²) in [6, 6.07) is 16.9. The topological polar surface area (TPSA) is 73.2 Å². The Morgan fingerprint density at radius 2 is 1.72 bits per heavy atom. The van der Waals surface area contributed by atoms with Crippen molar-refractivity contribution in [2.45, 2.75) is 19.9 Å². The van der Waals surface area contributed by atoms with Crippen LogP contribution in [0.25, 0.3) is 6.08 Å². The third-order valence-corrected chi connectivity index (χ3v) is 4.49. The van der Waals surface area contributed by atoms with Crippen molar-refractivity contribution in [1.82, 2.24) is 9.78 Å². The number of benzene rings is 2. The lowest BCUT2D eigenvalue weighted by Gasteiger charge is -2.08. The number of hydrogen-bond acceptors (Lipinski definition) is 4. The van der Waals surface area contributed by atoms with Crippen LogP contribution >= 0.6 is 0 Å². The number of nitrogens with zero attached hydrogens (tertiary/aromatic N) is 2. The van der Waals surface area contributed by atoms with Crippen LogP contribution in [-0.4, -0.2) is 28.8 Å². The van der Waals surface area contributed by atoms with E-state index >= 15 is 0 Å². The Hall–Kier alpha value is -3.67. The number of carbonyl (C=O) groups is 2. The summed E-state index contributed by atoms with van der Waals surface area (Å²) in [5.41, 5.74) is 3.66. The van der Waals surface area contributed by atoms with Gasteiger partial charge in [-0.05, 0) is 41.3 Å². The van der Waals surface area contributed by atoms with Crippen LogP contribution in [0.5, 0.6) is 0 Å². The Bertz CT molecular complexity index is 1000.